The van der Waals surface area contributed by atoms with Gasteiger partial charge < -0.3 is 19.4 Å². The number of halogens is 9. The van der Waals surface area contributed by atoms with Gasteiger partial charge in [-0.15, -0.1) is 0 Å². The summed E-state index contributed by atoms with van der Waals surface area (Å²) in [5, 5.41) is 1.30. The Labute approximate surface area is 215 Å². The molecule has 0 spiro atoms. The zero-order valence-electron chi connectivity index (χ0n) is 20.3. The number of nitrogens with one attached hydrogen (secondary N) is 1. The number of alkyl halides is 9. The van der Waals surface area contributed by atoms with Crippen molar-refractivity contribution in [2.24, 2.45) is 0 Å². The molecule has 7 nitrogen and oxygen atoms in total. The number of amides is 2. The van der Waals surface area contributed by atoms with E-state index in [-0.39, 0.29) is 22.0 Å². The highest BCUT2D eigenvalue weighted by atomic mass is 19.4. The highest BCUT2D eigenvalue weighted by molar-refractivity contribution is 5.75. The fraction of sp³-hybridized carbons (Fsp3) is 0.435. The first-order valence-corrected chi connectivity index (χ1v) is 11.3. The van der Waals surface area contributed by atoms with Crippen molar-refractivity contribution in [3.63, 3.8) is 0 Å². The lowest BCUT2D eigenvalue weighted by atomic mass is 10.0. The molecular formula is C23H22F9N5O2. The lowest BCUT2D eigenvalue weighted by Gasteiger charge is -2.34. The summed E-state index contributed by atoms with van der Waals surface area (Å²) >= 11 is 0. The van der Waals surface area contributed by atoms with Crippen molar-refractivity contribution in [2.45, 2.75) is 50.4 Å². The molecule has 1 aromatic carbocycles. The third kappa shape index (κ3) is 7.23. The zero-order chi connectivity index (χ0) is 29.2. The molecule has 0 aliphatic rings. The molecule has 0 fully saturated rings. The van der Waals surface area contributed by atoms with Crippen molar-refractivity contribution in [1.29, 1.82) is 0 Å². The Morgan fingerprint density at radius 3 is 2.36 bits per heavy atom. The maximum atomic E-state index is 14.3. The Balaban J connectivity index is 1.98. The molecule has 3 aromatic rings. The molecule has 0 aliphatic carbocycles. The Morgan fingerprint density at radius 2 is 1.79 bits per heavy atom. The van der Waals surface area contributed by atoms with Crippen molar-refractivity contribution in [3.8, 4) is 17.1 Å². The molecule has 0 saturated carbocycles. The van der Waals surface area contributed by atoms with E-state index in [9.17, 15) is 44.3 Å². The summed E-state index contributed by atoms with van der Waals surface area (Å²) in [6.07, 6.45) is -14.5. The van der Waals surface area contributed by atoms with Crippen LogP contribution in [0.15, 0.2) is 42.9 Å². The first-order valence-electron chi connectivity index (χ1n) is 11.3. The van der Waals surface area contributed by atoms with Crippen LogP contribution in [-0.4, -0.2) is 63.5 Å². The molecule has 1 unspecified atom stereocenters. The van der Waals surface area contributed by atoms with Crippen LogP contribution in [0.2, 0.25) is 0 Å². The number of carbonyl (C=O) groups is 1. The van der Waals surface area contributed by atoms with E-state index >= 15 is 0 Å². The van der Waals surface area contributed by atoms with Gasteiger partial charge in [0, 0.05) is 37.1 Å². The van der Waals surface area contributed by atoms with Gasteiger partial charge in [-0.1, -0.05) is 18.2 Å². The summed E-state index contributed by atoms with van der Waals surface area (Å²) in [7, 11) is 1.32. The summed E-state index contributed by atoms with van der Waals surface area (Å²) in [5.41, 5.74) is 0.147. The van der Waals surface area contributed by atoms with Gasteiger partial charge in [0.1, 0.15) is 6.04 Å². The average Bonchev–Trinajstić information content (AvgIpc) is 3.31. The zero-order valence-corrected chi connectivity index (χ0v) is 20.3. The first kappa shape index (κ1) is 29.8. The lowest BCUT2D eigenvalue weighted by Crippen LogP contribution is -2.53. The highest BCUT2D eigenvalue weighted by Crippen LogP contribution is 2.39. The highest BCUT2D eigenvalue weighted by Gasteiger charge is 2.48. The van der Waals surface area contributed by atoms with E-state index in [1.165, 1.54) is 41.4 Å². The molecule has 214 valence electrons. The quantitative estimate of drug-likeness (QED) is 0.322. The molecule has 0 aliphatic heterocycles. The predicted molar refractivity (Wildman–Crippen MR) is 120 cm³/mol. The molecule has 3 rings (SSSR count). The molecule has 2 heterocycles. The van der Waals surface area contributed by atoms with E-state index < -0.39 is 61.6 Å². The maximum Gasteiger partial charge on any atom is 0.413 e. The number of carbonyl (C=O) groups excluding carboxylic acids is 1. The maximum absolute atomic E-state index is 14.3. The minimum absolute atomic E-state index is 0.0712. The van der Waals surface area contributed by atoms with E-state index in [4.69, 9.17) is 4.74 Å². The largest absolute Gasteiger partial charge is 0.478 e. The lowest BCUT2D eigenvalue weighted by molar-refractivity contribution is -0.181. The standard InChI is InChI=1S/C23H22F9N5O2/c1-3-37(20(38)35-16(22(27,28)29)7-8-21(24,25)26)17(23(30,31)32)14-6-4-5-13(11-14)15-12-36-10-9-33-18(36)19(34-15)39-2/h4-6,9-12,16-17H,3,7-8H2,1-2H3,(H,35,38)/t16-,17?/m0/s1. The van der Waals surface area contributed by atoms with Crippen molar-refractivity contribution < 1.29 is 49.0 Å². The first-order chi connectivity index (χ1) is 18.0. The number of aromatic nitrogens is 3. The summed E-state index contributed by atoms with van der Waals surface area (Å²) in [4.78, 5) is 21.0. The second-order valence-electron chi connectivity index (χ2n) is 8.35. The third-order valence-corrected chi connectivity index (χ3v) is 5.67. The molecule has 2 amide bonds. The third-order valence-electron chi connectivity index (χ3n) is 5.67. The van der Waals surface area contributed by atoms with Crippen molar-refractivity contribution in [1.82, 2.24) is 24.6 Å². The summed E-state index contributed by atoms with van der Waals surface area (Å²) in [6, 6.07) is -2.82. The number of ether oxygens (including phenoxy) is 1. The van der Waals surface area contributed by atoms with Gasteiger partial charge in [0.05, 0.1) is 12.8 Å². The monoisotopic (exact) mass is 571 g/mol. The Hall–Kier alpha value is -3.72. The number of urea groups is 1. The van der Waals surface area contributed by atoms with Crippen LogP contribution in [0.3, 0.4) is 0 Å². The molecule has 2 atom stereocenters. The minimum Gasteiger partial charge on any atom is -0.478 e. The number of benzene rings is 1. The van der Waals surface area contributed by atoms with Gasteiger partial charge in [0.15, 0.2) is 11.7 Å². The van der Waals surface area contributed by atoms with Gasteiger partial charge >= 0.3 is 24.6 Å². The van der Waals surface area contributed by atoms with Gasteiger partial charge in [-0.3, -0.25) is 0 Å². The number of rotatable bonds is 8. The fourth-order valence-electron chi connectivity index (χ4n) is 3.89. The number of hydrogen-bond acceptors (Lipinski definition) is 4. The Bertz CT molecular complexity index is 1290. The smallest absolute Gasteiger partial charge is 0.413 e. The normalized spacial score (nSPS) is 14.2. The van der Waals surface area contributed by atoms with Crippen LogP contribution < -0.4 is 10.1 Å². The molecule has 39 heavy (non-hydrogen) atoms. The van der Waals surface area contributed by atoms with E-state index in [0.29, 0.717) is 5.65 Å². The molecule has 0 radical (unpaired) electrons. The van der Waals surface area contributed by atoms with Crippen LogP contribution in [0.25, 0.3) is 16.9 Å². The van der Waals surface area contributed by atoms with Gasteiger partial charge in [0.2, 0.25) is 0 Å². The van der Waals surface area contributed by atoms with Gasteiger partial charge in [0.25, 0.3) is 5.88 Å². The number of methoxy groups -OCH3 is 1. The molecular weight excluding hydrogens is 549 g/mol. The van der Waals surface area contributed by atoms with Crippen LogP contribution in [0.5, 0.6) is 5.88 Å². The van der Waals surface area contributed by atoms with Gasteiger partial charge in [-0.05, 0) is 25.0 Å². The van der Waals surface area contributed by atoms with E-state index in [2.05, 4.69) is 9.97 Å². The minimum atomic E-state index is -5.33. The van der Waals surface area contributed by atoms with Crippen molar-refractivity contribution in [3.05, 3.63) is 48.4 Å². The van der Waals surface area contributed by atoms with Gasteiger partial charge in [-0.2, -0.15) is 39.5 Å². The number of fused-ring (bicyclic) bond motifs is 1. The SMILES string of the molecule is CCN(C(=O)N[C@@H](CCC(F)(F)F)C(F)(F)F)C(c1cccc(-c2cn3ccnc3c(OC)n2)c1)C(F)(F)F. The second kappa shape index (κ2) is 11.2. The van der Waals surface area contributed by atoms with Crippen LogP contribution in [-0.2, 0) is 0 Å². The fourth-order valence-corrected chi connectivity index (χ4v) is 3.89. The summed E-state index contributed by atoms with van der Waals surface area (Å²) in [6.45, 7) is 0.386. The van der Waals surface area contributed by atoms with Crippen LogP contribution in [0, 0.1) is 0 Å². The average molecular weight is 571 g/mol. The Morgan fingerprint density at radius 1 is 1.10 bits per heavy atom. The summed E-state index contributed by atoms with van der Waals surface area (Å²) < 4.78 is 127. The van der Waals surface area contributed by atoms with Crippen LogP contribution >= 0.6 is 0 Å². The predicted octanol–water partition coefficient (Wildman–Crippen LogP) is 6.31. The van der Waals surface area contributed by atoms with E-state index in [0.717, 1.165) is 19.1 Å². The van der Waals surface area contributed by atoms with E-state index in [1.54, 1.807) is 6.20 Å². The molecule has 2 aromatic heterocycles. The summed E-state index contributed by atoms with van der Waals surface area (Å²) in [5.74, 6) is 0.0712. The number of hydrogen-bond donors (Lipinski definition) is 1. The van der Waals surface area contributed by atoms with Crippen molar-refractivity contribution >= 4 is 11.7 Å². The number of imidazole rings is 1. The van der Waals surface area contributed by atoms with Crippen molar-refractivity contribution in [2.75, 3.05) is 13.7 Å². The molecule has 0 bridgehead atoms. The second-order valence-corrected chi connectivity index (χ2v) is 8.35. The molecule has 16 heteroatoms. The van der Waals surface area contributed by atoms with Crippen LogP contribution in [0.1, 0.15) is 31.4 Å². The molecule has 1 N–H and O–H groups in total. The van der Waals surface area contributed by atoms with E-state index in [1.807, 2.05) is 0 Å². The molecule has 0 saturated heterocycles. The van der Waals surface area contributed by atoms with Crippen LogP contribution in [0.4, 0.5) is 44.3 Å². The topological polar surface area (TPSA) is 71.8 Å². The number of nitrogens with zero attached hydrogens (tertiary/aromatic N) is 4. The Kier molecular flexibility index (Phi) is 8.55. The van der Waals surface area contributed by atoms with Gasteiger partial charge in [-0.25, -0.2) is 14.8 Å².